The number of aliphatic hydroxyl groups is 1. The van der Waals surface area contributed by atoms with Crippen molar-refractivity contribution < 1.29 is 23.4 Å². The van der Waals surface area contributed by atoms with Gasteiger partial charge in [-0.05, 0) is 24.6 Å². The molecule has 0 aromatic heterocycles. The molecule has 4 nitrogen and oxygen atoms in total. The molecule has 2 atom stereocenters. The Morgan fingerprint density at radius 1 is 1.45 bits per heavy atom. The van der Waals surface area contributed by atoms with Crippen LogP contribution in [-0.2, 0) is 16.0 Å². The van der Waals surface area contributed by atoms with Crippen LogP contribution in [0.4, 0.5) is 8.78 Å². The van der Waals surface area contributed by atoms with Crippen LogP contribution in [0.15, 0.2) is 18.2 Å². The number of morpholine rings is 1. The molecule has 2 unspecified atom stereocenters. The summed E-state index contributed by atoms with van der Waals surface area (Å²) in [6.07, 6.45) is -0.389. The first-order valence-electron chi connectivity index (χ1n) is 6.47. The van der Waals surface area contributed by atoms with Gasteiger partial charge in [-0.3, -0.25) is 4.79 Å². The van der Waals surface area contributed by atoms with Gasteiger partial charge in [-0.15, -0.1) is 0 Å². The van der Waals surface area contributed by atoms with Gasteiger partial charge in [0.25, 0.3) is 0 Å². The second kappa shape index (κ2) is 6.28. The molecule has 1 aromatic rings. The zero-order valence-electron chi connectivity index (χ0n) is 11.2. The van der Waals surface area contributed by atoms with Crippen LogP contribution in [0.1, 0.15) is 12.5 Å². The maximum absolute atomic E-state index is 13.1. The molecule has 2 rings (SSSR count). The molecule has 0 radical (unpaired) electrons. The lowest BCUT2D eigenvalue weighted by atomic mass is 10.1. The highest BCUT2D eigenvalue weighted by Gasteiger charge is 2.29. The van der Waals surface area contributed by atoms with E-state index >= 15 is 0 Å². The Bertz CT molecular complexity index is 495. The molecule has 1 amide bonds. The minimum Gasteiger partial charge on any atom is -0.394 e. The minimum atomic E-state index is -0.960. The standard InChI is InChI=1S/C14H17F2NO3/c1-9-8-20-11(7-18)6-17(9)14(19)5-10-2-3-12(15)13(16)4-10/h2-4,9,11,18H,5-8H2,1H3. The van der Waals surface area contributed by atoms with Crippen LogP contribution in [0.2, 0.25) is 0 Å². The quantitative estimate of drug-likeness (QED) is 0.905. The summed E-state index contributed by atoms with van der Waals surface area (Å²) in [4.78, 5) is 13.8. The van der Waals surface area contributed by atoms with Crippen molar-refractivity contribution in [2.45, 2.75) is 25.5 Å². The minimum absolute atomic E-state index is 0.000309. The van der Waals surface area contributed by atoms with Crippen molar-refractivity contribution in [2.24, 2.45) is 0 Å². The number of carbonyl (C=O) groups excluding carboxylic acids is 1. The third kappa shape index (κ3) is 3.32. The molecule has 1 aliphatic heterocycles. The molecule has 1 aromatic carbocycles. The number of benzene rings is 1. The summed E-state index contributed by atoms with van der Waals surface area (Å²) in [6, 6.07) is 3.33. The predicted octanol–water partition coefficient (Wildman–Crippen LogP) is 1.12. The lowest BCUT2D eigenvalue weighted by molar-refractivity contribution is -0.145. The monoisotopic (exact) mass is 285 g/mol. The van der Waals surface area contributed by atoms with E-state index in [-0.39, 0.29) is 31.1 Å². The van der Waals surface area contributed by atoms with Crippen molar-refractivity contribution >= 4 is 5.91 Å². The molecular weight excluding hydrogens is 268 g/mol. The molecule has 0 bridgehead atoms. The van der Waals surface area contributed by atoms with Crippen molar-refractivity contribution in [3.63, 3.8) is 0 Å². The first-order valence-corrected chi connectivity index (χ1v) is 6.47. The van der Waals surface area contributed by atoms with E-state index in [1.54, 1.807) is 4.90 Å². The summed E-state index contributed by atoms with van der Waals surface area (Å²) in [6.45, 7) is 2.35. The number of ether oxygens (including phenoxy) is 1. The van der Waals surface area contributed by atoms with Crippen LogP contribution in [0.25, 0.3) is 0 Å². The Hall–Kier alpha value is -1.53. The van der Waals surface area contributed by atoms with Crippen molar-refractivity contribution in [3.05, 3.63) is 35.4 Å². The molecule has 0 aliphatic carbocycles. The topological polar surface area (TPSA) is 49.8 Å². The van der Waals surface area contributed by atoms with E-state index in [1.807, 2.05) is 6.92 Å². The molecule has 1 N–H and O–H groups in total. The third-order valence-corrected chi connectivity index (χ3v) is 3.37. The molecule has 1 heterocycles. The van der Waals surface area contributed by atoms with Gasteiger partial charge >= 0.3 is 0 Å². The SMILES string of the molecule is CC1COC(CO)CN1C(=O)Cc1ccc(F)c(F)c1. The largest absolute Gasteiger partial charge is 0.394 e. The molecule has 0 saturated carbocycles. The molecular formula is C14H17F2NO3. The van der Waals surface area contributed by atoms with Crippen molar-refractivity contribution in [1.82, 2.24) is 4.90 Å². The van der Waals surface area contributed by atoms with E-state index in [4.69, 9.17) is 9.84 Å². The van der Waals surface area contributed by atoms with Crippen molar-refractivity contribution in [3.8, 4) is 0 Å². The van der Waals surface area contributed by atoms with Gasteiger partial charge in [-0.1, -0.05) is 6.07 Å². The lowest BCUT2D eigenvalue weighted by Gasteiger charge is -2.37. The Kier molecular flexibility index (Phi) is 4.67. The van der Waals surface area contributed by atoms with E-state index in [2.05, 4.69) is 0 Å². The van der Waals surface area contributed by atoms with E-state index in [9.17, 15) is 13.6 Å². The highest BCUT2D eigenvalue weighted by molar-refractivity contribution is 5.79. The third-order valence-electron chi connectivity index (χ3n) is 3.37. The number of aliphatic hydroxyl groups excluding tert-OH is 1. The fourth-order valence-corrected chi connectivity index (χ4v) is 2.20. The van der Waals surface area contributed by atoms with Crippen LogP contribution in [0, 0.1) is 11.6 Å². The molecule has 110 valence electrons. The van der Waals surface area contributed by atoms with Gasteiger partial charge in [0.15, 0.2) is 11.6 Å². The molecule has 20 heavy (non-hydrogen) atoms. The molecule has 1 fully saturated rings. The van der Waals surface area contributed by atoms with Gasteiger partial charge in [0.2, 0.25) is 5.91 Å². The van der Waals surface area contributed by atoms with Crippen LogP contribution >= 0.6 is 0 Å². The summed E-state index contributed by atoms with van der Waals surface area (Å²) in [5.41, 5.74) is 0.424. The van der Waals surface area contributed by atoms with E-state index in [1.165, 1.54) is 6.07 Å². The Morgan fingerprint density at radius 3 is 2.85 bits per heavy atom. The normalized spacial score (nSPS) is 22.9. The number of hydrogen-bond donors (Lipinski definition) is 1. The average Bonchev–Trinajstić information content (AvgIpc) is 2.43. The number of rotatable bonds is 3. The number of halogens is 2. The summed E-state index contributed by atoms with van der Waals surface area (Å²) < 4.78 is 31.3. The van der Waals surface area contributed by atoms with Crippen molar-refractivity contribution in [2.75, 3.05) is 19.8 Å². The zero-order chi connectivity index (χ0) is 14.7. The first kappa shape index (κ1) is 14.9. The Morgan fingerprint density at radius 2 is 2.20 bits per heavy atom. The van der Waals surface area contributed by atoms with Crippen LogP contribution in [-0.4, -0.2) is 47.8 Å². The Balaban J connectivity index is 2.04. The van der Waals surface area contributed by atoms with Crippen molar-refractivity contribution in [1.29, 1.82) is 0 Å². The van der Waals surface area contributed by atoms with Gasteiger partial charge in [0.05, 0.1) is 31.8 Å². The second-order valence-electron chi connectivity index (χ2n) is 4.96. The Labute approximate surface area is 116 Å². The molecule has 6 heteroatoms. The van der Waals surface area contributed by atoms with Gasteiger partial charge in [-0.25, -0.2) is 8.78 Å². The highest BCUT2D eigenvalue weighted by atomic mass is 19.2. The number of amides is 1. The van der Waals surface area contributed by atoms with Gasteiger partial charge in [0.1, 0.15) is 0 Å². The maximum atomic E-state index is 13.1. The van der Waals surface area contributed by atoms with Crippen LogP contribution < -0.4 is 0 Å². The van der Waals surface area contributed by atoms with Gasteiger partial charge < -0.3 is 14.7 Å². The van der Waals surface area contributed by atoms with Gasteiger partial charge in [-0.2, -0.15) is 0 Å². The highest BCUT2D eigenvalue weighted by Crippen LogP contribution is 2.15. The number of carbonyl (C=O) groups is 1. The maximum Gasteiger partial charge on any atom is 0.227 e. The average molecular weight is 285 g/mol. The predicted molar refractivity (Wildman–Crippen MR) is 68.1 cm³/mol. The lowest BCUT2D eigenvalue weighted by Crippen LogP contribution is -2.52. The van der Waals surface area contributed by atoms with E-state index in [0.717, 1.165) is 12.1 Å². The summed E-state index contributed by atoms with van der Waals surface area (Å²) in [5, 5.41) is 9.08. The van der Waals surface area contributed by atoms with Crippen LogP contribution in [0.5, 0.6) is 0 Å². The van der Waals surface area contributed by atoms with Gasteiger partial charge in [0, 0.05) is 6.54 Å². The summed E-state index contributed by atoms with van der Waals surface area (Å²) >= 11 is 0. The number of hydrogen-bond acceptors (Lipinski definition) is 3. The summed E-state index contributed by atoms with van der Waals surface area (Å²) in [5.74, 6) is -2.08. The second-order valence-corrected chi connectivity index (χ2v) is 4.96. The first-order chi connectivity index (χ1) is 9.51. The van der Waals surface area contributed by atoms with E-state index in [0.29, 0.717) is 18.7 Å². The van der Waals surface area contributed by atoms with Crippen LogP contribution in [0.3, 0.4) is 0 Å². The van der Waals surface area contributed by atoms with E-state index < -0.39 is 11.6 Å². The smallest absolute Gasteiger partial charge is 0.227 e. The number of nitrogens with zero attached hydrogens (tertiary/aromatic N) is 1. The zero-order valence-corrected chi connectivity index (χ0v) is 11.2. The fraction of sp³-hybridized carbons (Fsp3) is 0.500. The molecule has 1 saturated heterocycles. The fourth-order valence-electron chi connectivity index (χ4n) is 2.20. The summed E-state index contributed by atoms with van der Waals surface area (Å²) in [7, 11) is 0. The molecule has 0 spiro atoms. The molecule has 1 aliphatic rings.